The first-order valence-electron chi connectivity index (χ1n) is 9.07. The van der Waals surface area contributed by atoms with Crippen LogP contribution in [0.5, 0.6) is 11.5 Å². The van der Waals surface area contributed by atoms with Crippen molar-refractivity contribution in [1.82, 2.24) is 9.55 Å². The highest BCUT2D eigenvalue weighted by Crippen LogP contribution is 2.32. The predicted molar refractivity (Wildman–Crippen MR) is 110 cm³/mol. The Morgan fingerprint density at radius 1 is 0.931 bits per heavy atom. The van der Waals surface area contributed by atoms with Gasteiger partial charge < -0.3 is 9.47 Å². The zero-order valence-corrected chi connectivity index (χ0v) is 16.1. The quantitative estimate of drug-likeness (QED) is 0.511. The Labute approximate surface area is 167 Å². The molecule has 3 aromatic carbocycles. The van der Waals surface area contributed by atoms with E-state index in [-0.39, 0.29) is 17.9 Å². The number of rotatable bonds is 5. The Hall–Kier alpha value is -3.67. The van der Waals surface area contributed by atoms with Crippen molar-refractivity contribution in [1.29, 1.82) is 0 Å². The van der Waals surface area contributed by atoms with Crippen LogP contribution in [0.15, 0.2) is 71.5 Å². The number of ether oxygens (including phenoxy) is 2. The van der Waals surface area contributed by atoms with Crippen molar-refractivity contribution in [2.45, 2.75) is 6.54 Å². The summed E-state index contributed by atoms with van der Waals surface area (Å²) < 4.78 is 26.5. The first kappa shape index (κ1) is 18.7. The van der Waals surface area contributed by atoms with Crippen molar-refractivity contribution in [3.63, 3.8) is 0 Å². The number of methoxy groups -OCH3 is 2. The normalized spacial score (nSPS) is 10.9. The van der Waals surface area contributed by atoms with Crippen LogP contribution in [0.4, 0.5) is 4.39 Å². The summed E-state index contributed by atoms with van der Waals surface area (Å²) in [6.45, 7) is 0.0625. The molecule has 1 aromatic heterocycles. The lowest BCUT2D eigenvalue weighted by Gasteiger charge is -2.16. The molecule has 0 atom stereocenters. The van der Waals surface area contributed by atoms with E-state index in [1.807, 2.05) is 6.07 Å². The third kappa shape index (κ3) is 3.45. The molecule has 0 aliphatic rings. The fourth-order valence-corrected chi connectivity index (χ4v) is 3.31. The molecule has 0 spiro atoms. The van der Waals surface area contributed by atoms with Crippen LogP contribution in [-0.4, -0.2) is 23.8 Å². The Kier molecular flexibility index (Phi) is 4.99. The molecular formula is C23H19FN2O3. The lowest BCUT2D eigenvalue weighted by atomic mass is 10.1. The lowest BCUT2D eigenvalue weighted by molar-refractivity contribution is 0.355. The molecule has 0 radical (unpaired) electrons. The molecule has 146 valence electrons. The van der Waals surface area contributed by atoms with Gasteiger partial charge in [0.05, 0.1) is 31.7 Å². The SMILES string of the molecule is COc1ccc(-c2nc3ccccc3c(=O)n2Cc2ccccc2F)cc1OC. The maximum Gasteiger partial charge on any atom is 0.261 e. The summed E-state index contributed by atoms with van der Waals surface area (Å²) in [6, 6.07) is 18.8. The molecule has 5 nitrogen and oxygen atoms in total. The number of aromatic nitrogens is 2. The van der Waals surface area contributed by atoms with Crippen LogP contribution in [0.2, 0.25) is 0 Å². The number of nitrogens with zero attached hydrogens (tertiary/aromatic N) is 2. The summed E-state index contributed by atoms with van der Waals surface area (Å²) in [7, 11) is 3.10. The highest BCUT2D eigenvalue weighted by Gasteiger charge is 2.16. The minimum absolute atomic E-state index is 0.0625. The average molecular weight is 390 g/mol. The molecule has 4 rings (SSSR count). The predicted octanol–water partition coefficient (Wildman–Crippen LogP) is 4.27. The van der Waals surface area contributed by atoms with E-state index in [2.05, 4.69) is 0 Å². The number of hydrogen-bond acceptors (Lipinski definition) is 4. The molecule has 1 heterocycles. The third-order valence-corrected chi connectivity index (χ3v) is 4.79. The monoisotopic (exact) mass is 390 g/mol. The maximum atomic E-state index is 14.3. The summed E-state index contributed by atoms with van der Waals surface area (Å²) in [5.74, 6) is 1.15. The van der Waals surface area contributed by atoms with E-state index in [0.717, 1.165) is 0 Å². The second kappa shape index (κ2) is 7.75. The van der Waals surface area contributed by atoms with Gasteiger partial charge in [0.15, 0.2) is 11.5 Å². The number of fused-ring (bicyclic) bond motifs is 1. The van der Waals surface area contributed by atoms with Gasteiger partial charge in [0.1, 0.15) is 11.6 Å². The van der Waals surface area contributed by atoms with Crippen molar-refractivity contribution >= 4 is 10.9 Å². The van der Waals surface area contributed by atoms with E-state index in [4.69, 9.17) is 14.5 Å². The minimum Gasteiger partial charge on any atom is -0.493 e. The molecule has 29 heavy (non-hydrogen) atoms. The van der Waals surface area contributed by atoms with Crippen molar-refractivity contribution in [3.05, 3.63) is 88.5 Å². The van der Waals surface area contributed by atoms with Gasteiger partial charge in [-0.2, -0.15) is 0 Å². The molecule has 0 bridgehead atoms. The van der Waals surface area contributed by atoms with Crippen LogP contribution in [0.25, 0.3) is 22.3 Å². The summed E-state index contributed by atoms with van der Waals surface area (Å²) >= 11 is 0. The van der Waals surface area contributed by atoms with E-state index >= 15 is 0 Å². The van der Waals surface area contributed by atoms with Crippen molar-refractivity contribution in [2.24, 2.45) is 0 Å². The largest absolute Gasteiger partial charge is 0.493 e. The van der Waals surface area contributed by atoms with Crippen LogP contribution in [0.1, 0.15) is 5.56 Å². The van der Waals surface area contributed by atoms with Gasteiger partial charge in [-0.15, -0.1) is 0 Å². The molecule has 0 aliphatic heterocycles. The Morgan fingerprint density at radius 2 is 1.66 bits per heavy atom. The zero-order chi connectivity index (χ0) is 20.4. The molecule has 0 N–H and O–H groups in total. The lowest BCUT2D eigenvalue weighted by Crippen LogP contribution is -2.24. The van der Waals surface area contributed by atoms with Gasteiger partial charge in [0, 0.05) is 11.1 Å². The summed E-state index contributed by atoms with van der Waals surface area (Å²) in [6.07, 6.45) is 0. The van der Waals surface area contributed by atoms with Gasteiger partial charge in [-0.1, -0.05) is 30.3 Å². The molecular weight excluding hydrogens is 371 g/mol. The number of benzene rings is 3. The fourth-order valence-electron chi connectivity index (χ4n) is 3.31. The second-order valence-corrected chi connectivity index (χ2v) is 6.51. The highest BCUT2D eigenvalue weighted by molar-refractivity contribution is 5.80. The van der Waals surface area contributed by atoms with Gasteiger partial charge in [-0.25, -0.2) is 9.37 Å². The zero-order valence-electron chi connectivity index (χ0n) is 16.1. The molecule has 0 fully saturated rings. The van der Waals surface area contributed by atoms with Crippen molar-refractivity contribution in [2.75, 3.05) is 14.2 Å². The van der Waals surface area contributed by atoms with E-state index in [1.165, 1.54) is 10.6 Å². The van der Waals surface area contributed by atoms with Crippen LogP contribution in [0, 0.1) is 5.82 Å². The molecule has 0 unspecified atom stereocenters. The van der Waals surface area contributed by atoms with Gasteiger partial charge in [-0.3, -0.25) is 9.36 Å². The minimum atomic E-state index is -0.370. The van der Waals surface area contributed by atoms with Crippen molar-refractivity contribution < 1.29 is 13.9 Å². The molecule has 4 aromatic rings. The van der Waals surface area contributed by atoms with E-state index < -0.39 is 0 Å². The average Bonchev–Trinajstić information content (AvgIpc) is 2.76. The first-order chi connectivity index (χ1) is 14.1. The van der Waals surface area contributed by atoms with Crippen LogP contribution < -0.4 is 15.0 Å². The van der Waals surface area contributed by atoms with Crippen LogP contribution in [-0.2, 0) is 6.54 Å². The van der Waals surface area contributed by atoms with Gasteiger partial charge in [0.2, 0.25) is 0 Å². The van der Waals surface area contributed by atoms with Crippen LogP contribution >= 0.6 is 0 Å². The van der Waals surface area contributed by atoms with Crippen LogP contribution in [0.3, 0.4) is 0 Å². The Bertz CT molecular complexity index is 1250. The standard InChI is InChI=1S/C23H19FN2O3/c1-28-20-12-11-15(13-21(20)29-2)22-25-19-10-6-4-8-17(19)23(27)26(22)14-16-7-3-5-9-18(16)24/h3-13H,14H2,1-2H3. The summed E-state index contributed by atoms with van der Waals surface area (Å²) in [4.78, 5) is 18.0. The molecule has 6 heteroatoms. The van der Waals surface area contributed by atoms with E-state index in [1.54, 1.807) is 68.8 Å². The third-order valence-electron chi connectivity index (χ3n) is 4.79. The number of hydrogen-bond donors (Lipinski definition) is 0. The van der Waals surface area contributed by atoms with Gasteiger partial charge >= 0.3 is 0 Å². The van der Waals surface area contributed by atoms with E-state index in [9.17, 15) is 9.18 Å². The smallest absolute Gasteiger partial charge is 0.261 e. The topological polar surface area (TPSA) is 53.3 Å². The second-order valence-electron chi connectivity index (χ2n) is 6.51. The molecule has 0 saturated carbocycles. The number of para-hydroxylation sites is 1. The molecule has 0 aliphatic carbocycles. The fraction of sp³-hybridized carbons (Fsp3) is 0.130. The number of halogens is 1. The van der Waals surface area contributed by atoms with E-state index in [0.29, 0.717) is 39.4 Å². The van der Waals surface area contributed by atoms with Gasteiger partial charge in [-0.05, 0) is 36.4 Å². The summed E-state index contributed by atoms with van der Waals surface area (Å²) in [5.41, 5.74) is 1.42. The first-order valence-corrected chi connectivity index (χ1v) is 9.07. The summed E-state index contributed by atoms with van der Waals surface area (Å²) in [5, 5.41) is 0.480. The van der Waals surface area contributed by atoms with Crippen molar-refractivity contribution in [3.8, 4) is 22.9 Å². The van der Waals surface area contributed by atoms with Gasteiger partial charge in [0.25, 0.3) is 5.56 Å². The highest BCUT2D eigenvalue weighted by atomic mass is 19.1. The molecule has 0 saturated heterocycles. The Morgan fingerprint density at radius 3 is 2.41 bits per heavy atom. The molecule has 0 amide bonds. The maximum absolute atomic E-state index is 14.3. The Balaban J connectivity index is 1.97.